The standard InChI is InChI=1S/C22H26N4O2/c27-21(17-7-4-11-23-14-17)25-20(13-16-5-2-1-3-6-16)22(28)26-12-10-18-8-9-19(15-26)24-18/h1-7,11,14,18-20,24H,8-10,12-13,15H2,(H,25,27). The Morgan fingerprint density at radius 1 is 1.11 bits per heavy atom. The summed E-state index contributed by atoms with van der Waals surface area (Å²) in [6.07, 6.45) is 6.90. The molecule has 2 saturated heterocycles. The van der Waals surface area contributed by atoms with Crippen molar-refractivity contribution in [3.63, 3.8) is 0 Å². The summed E-state index contributed by atoms with van der Waals surface area (Å²) in [5.41, 5.74) is 1.49. The minimum absolute atomic E-state index is 0.00422. The maximum atomic E-state index is 13.4. The lowest BCUT2D eigenvalue weighted by molar-refractivity contribution is -0.133. The van der Waals surface area contributed by atoms with Gasteiger partial charge in [0.1, 0.15) is 6.04 Å². The molecule has 2 N–H and O–H groups in total. The molecule has 2 amide bonds. The highest BCUT2D eigenvalue weighted by atomic mass is 16.2. The van der Waals surface area contributed by atoms with E-state index in [2.05, 4.69) is 15.6 Å². The molecule has 2 bridgehead atoms. The van der Waals surface area contributed by atoms with Gasteiger partial charge in [-0.3, -0.25) is 14.6 Å². The first-order valence-electron chi connectivity index (χ1n) is 9.98. The van der Waals surface area contributed by atoms with Crippen molar-refractivity contribution in [2.45, 2.75) is 43.8 Å². The first-order chi connectivity index (χ1) is 13.7. The average molecular weight is 378 g/mol. The van der Waals surface area contributed by atoms with E-state index in [-0.39, 0.29) is 11.8 Å². The van der Waals surface area contributed by atoms with Crippen molar-refractivity contribution >= 4 is 11.8 Å². The molecule has 2 aliphatic rings. The summed E-state index contributed by atoms with van der Waals surface area (Å²) in [6.45, 7) is 1.45. The number of nitrogens with one attached hydrogen (secondary N) is 2. The van der Waals surface area contributed by atoms with E-state index in [4.69, 9.17) is 0 Å². The number of nitrogens with zero attached hydrogens (tertiary/aromatic N) is 2. The molecule has 28 heavy (non-hydrogen) atoms. The number of likely N-dealkylation sites (tertiary alicyclic amines) is 1. The minimum Gasteiger partial charge on any atom is -0.340 e. The molecule has 3 unspecified atom stereocenters. The van der Waals surface area contributed by atoms with E-state index in [1.807, 2.05) is 35.2 Å². The number of pyridine rings is 1. The average Bonchev–Trinajstić information content (AvgIpc) is 3.07. The predicted octanol–water partition coefficient (Wildman–Crippen LogP) is 1.78. The Hall–Kier alpha value is -2.73. The van der Waals surface area contributed by atoms with Crippen LogP contribution in [-0.2, 0) is 11.2 Å². The SMILES string of the molecule is O=C(NC(Cc1ccccc1)C(=O)N1CCC2CCC(C1)N2)c1cccnc1. The number of amides is 2. The van der Waals surface area contributed by atoms with Gasteiger partial charge in [-0.25, -0.2) is 0 Å². The van der Waals surface area contributed by atoms with Crippen LogP contribution in [0.1, 0.15) is 35.2 Å². The van der Waals surface area contributed by atoms with Gasteiger partial charge >= 0.3 is 0 Å². The lowest BCUT2D eigenvalue weighted by atomic mass is 10.0. The second kappa shape index (κ2) is 8.52. The maximum absolute atomic E-state index is 13.4. The Morgan fingerprint density at radius 2 is 1.93 bits per heavy atom. The quantitative estimate of drug-likeness (QED) is 0.832. The van der Waals surface area contributed by atoms with E-state index in [0.29, 0.717) is 30.6 Å². The van der Waals surface area contributed by atoms with Crippen LogP contribution < -0.4 is 10.6 Å². The van der Waals surface area contributed by atoms with E-state index in [9.17, 15) is 9.59 Å². The molecule has 2 aromatic rings. The Morgan fingerprint density at radius 3 is 2.71 bits per heavy atom. The Bertz CT molecular complexity index is 812. The second-order valence-electron chi connectivity index (χ2n) is 7.67. The number of fused-ring (bicyclic) bond motifs is 2. The first-order valence-corrected chi connectivity index (χ1v) is 9.98. The summed E-state index contributed by atoms with van der Waals surface area (Å²) >= 11 is 0. The summed E-state index contributed by atoms with van der Waals surface area (Å²) in [6, 6.07) is 13.6. The van der Waals surface area contributed by atoms with Crippen molar-refractivity contribution in [2.24, 2.45) is 0 Å². The van der Waals surface area contributed by atoms with Gasteiger partial charge in [-0.2, -0.15) is 0 Å². The topological polar surface area (TPSA) is 74.3 Å². The number of carbonyl (C=O) groups excluding carboxylic acids is 2. The minimum atomic E-state index is -0.591. The Kier molecular flexibility index (Phi) is 5.67. The number of aromatic nitrogens is 1. The van der Waals surface area contributed by atoms with Crippen LogP contribution in [0.25, 0.3) is 0 Å². The van der Waals surface area contributed by atoms with Gasteiger partial charge < -0.3 is 15.5 Å². The van der Waals surface area contributed by atoms with Gasteiger partial charge in [-0.1, -0.05) is 30.3 Å². The summed E-state index contributed by atoms with van der Waals surface area (Å²) in [7, 11) is 0. The van der Waals surface area contributed by atoms with Gasteiger partial charge in [0.05, 0.1) is 5.56 Å². The third-order valence-electron chi connectivity index (χ3n) is 5.64. The number of carbonyl (C=O) groups is 2. The fourth-order valence-electron chi connectivity index (χ4n) is 4.15. The third-order valence-corrected chi connectivity index (χ3v) is 5.64. The van der Waals surface area contributed by atoms with E-state index in [1.165, 1.54) is 12.6 Å². The van der Waals surface area contributed by atoms with Gasteiger partial charge in [-0.05, 0) is 37.0 Å². The van der Waals surface area contributed by atoms with Crippen LogP contribution in [0.3, 0.4) is 0 Å². The van der Waals surface area contributed by atoms with Crippen molar-refractivity contribution in [1.82, 2.24) is 20.5 Å². The summed E-state index contributed by atoms with van der Waals surface area (Å²) < 4.78 is 0. The zero-order chi connectivity index (χ0) is 19.3. The van der Waals surface area contributed by atoms with Gasteiger partial charge in [-0.15, -0.1) is 0 Å². The molecule has 6 nitrogen and oxygen atoms in total. The largest absolute Gasteiger partial charge is 0.340 e. The fourth-order valence-corrected chi connectivity index (χ4v) is 4.15. The maximum Gasteiger partial charge on any atom is 0.253 e. The van der Waals surface area contributed by atoms with E-state index < -0.39 is 6.04 Å². The zero-order valence-electron chi connectivity index (χ0n) is 15.9. The van der Waals surface area contributed by atoms with Gasteiger partial charge in [0.25, 0.3) is 5.91 Å². The molecule has 6 heteroatoms. The van der Waals surface area contributed by atoms with Crippen LogP contribution in [0.2, 0.25) is 0 Å². The van der Waals surface area contributed by atoms with E-state index in [1.54, 1.807) is 18.3 Å². The molecule has 0 aliphatic carbocycles. The monoisotopic (exact) mass is 378 g/mol. The highest BCUT2D eigenvalue weighted by molar-refractivity contribution is 5.97. The van der Waals surface area contributed by atoms with Crippen molar-refractivity contribution in [1.29, 1.82) is 0 Å². The van der Waals surface area contributed by atoms with Crippen LogP contribution in [-0.4, -0.2) is 52.9 Å². The highest BCUT2D eigenvalue weighted by Gasteiger charge is 2.34. The van der Waals surface area contributed by atoms with Gasteiger partial charge in [0.2, 0.25) is 5.91 Å². The number of hydrogen-bond donors (Lipinski definition) is 2. The smallest absolute Gasteiger partial charge is 0.253 e. The lowest BCUT2D eigenvalue weighted by Gasteiger charge is -2.29. The Labute approximate surface area is 165 Å². The Balaban J connectivity index is 1.51. The van der Waals surface area contributed by atoms with Crippen LogP contribution in [0.5, 0.6) is 0 Å². The van der Waals surface area contributed by atoms with E-state index in [0.717, 1.165) is 24.9 Å². The molecule has 3 heterocycles. The molecular formula is C22H26N4O2. The summed E-state index contributed by atoms with van der Waals surface area (Å²) in [5.74, 6) is -0.271. The van der Waals surface area contributed by atoms with Crippen LogP contribution in [0.15, 0.2) is 54.9 Å². The van der Waals surface area contributed by atoms with Crippen molar-refractivity contribution in [2.75, 3.05) is 13.1 Å². The van der Waals surface area contributed by atoms with Crippen LogP contribution in [0.4, 0.5) is 0 Å². The third kappa shape index (κ3) is 4.39. The molecule has 146 valence electrons. The highest BCUT2D eigenvalue weighted by Crippen LogP contribution is 2.21. The first kappa shape index (κ1) is 18.6. The zero-order valence-corrected chi connectivity index (χ0v) is 15.9. The van der Waals surface area contributed by atoms with E-state index >= 15 is 0 Å². The van der Waals surface area contributed by atoms with Crippen molar-refractivity contribution in [3.8, 4) is 0 Å². The number of benzene rings is 1. The number of rotatable bonds is 5. The number of hydrogen-bond acceptors (Lipinski definition) is 4. The summed E-state index contributed by atoms with van der Waals surface area (Å²) in [5, 5.41) is 6.56. The van der Waals surface area contributed by atoms with Crippen molar-refractivity contribution in [3.05, 3.63) is 66.0 Å². The fraction of sp³-hybridized carbons (Fsp3) is 0.409. The molecule has 1 aromatic carbocycles. The normalized spacial score (nSPS) is 22.4. The molecule has 0 radical (unpaired) electrons. The van der Waals surface area contributed by atoms with Crippen LogP contribution in [0, 0.1) is 0 Å². The molecule has 2 fully saturated rings. The second-order valence-corrected chi connectivity index (χ2v) is 7.67. The predicted molar refractivity (Wildman–Crippen MR) is 107 cm³/mol. The molecule has 1 aromatic heterocycles. The molecule has 0 saturated carbocycles. The molecule has 2 aliphatic heterocycles. The summed E-state index contributed by atoms with van der Waals surface area (Å²) in [4.78, 5) is 32.0. The lowest BCUT2D eigenvalue weighted by Crippen LogP contribution is -2.51. The van der Waals surface area contributed by atoms with Gasteiger partial charge in [0.15, 0.2) is 0 Å². The van der Waals surface area contributed by atoms with Gasteiger partial charge in [0, 0.05) is 44.0 Å². The molecule has 3 atom stereocenters. The molecule has 4 rings (SSSR count). The van der Waals surface area contributed by atoms with Crippen molar-refractivity contribution < 1.29 is 9.59 Å². The molecule has 0 spiro atoms. The van der Waals surface area contributed by atoms with Crippen LogP contribution >= 0.6 is 0 Å². The molecular weight excluding hydrogens is 352 g/mol.